The lowest BCUT2D eigenvalue weighted by Crippen LogP contribution is -2.43. The van der Waals surface area contributed by atoms with Gasteiger partial charge in [-0.25, -0.2) is 0 Å². The van der Waals surface area contributed by atoms with Gasteiger partial charge in [-0.15, -0.1) is 0 Å². The highest BCUT2D eigenvalue weighted by atomic mass is 16.5. The minimum atomic E-state index is -0.439. The van der Waals surface area contributed by atoms with Gasteiger partial charge in [0.1, 0.15) is 0 Å². The molecule has 0 spiro atoms. The van der Waals surface area contributed by atoms with E-state index in [1.807, 2.05) is 23.9 Å². The summed E-state index contributed by atoms with van der Waals surface area (Å²) in [6.45, 7) is 4.53. The van der Waals surface area contributed by atoms with E-state index in [2.05, 4.69) is 33.3 Å². The van der Waals surface area contributed by atoms with Gasteiger partial charge in [0.25, 0.3) is 0 Å². The molecule has 8 heteroatoms. The number of hydrogen-bond acceptors (Lipinski definition) is 8. The molecule has 0 aliphatic carbocycles. The average molecular weight is 291 g/mol. The summed E-state index contributed by atoms with van der Waals surface area (Å²) in [6.07, 6.45) is 0.553. The van der Waals surface area contributed by atoms with Crippen LogP contribution in [0.5, 0.6) is 0 Å². The molecule has 1 unspecified atom stereocenters. The van der Waals surface area contributed by atoms with Gasteiger partial charge in [0.2, 0.25) is 17.8 Å². The summed E-state index contributed by atoms with van der Waals surface area (Å²) < 4.78 is 5.35. The van der Waals surface area contributed by atoms with Gasteiger partial charge in [0.05, 0.1) is 19.2 Å². The molecule has 1 fully saturated rings. The normalized spacial score (nSPS) is 18.2. The molecule has 1 aromatic heterocycles. The third-order valence-corrected chi connectivity index (χ3v) is 3.04. The maximum atomic E-state index is 8.99. The van der Waals surface area contributed by atoms with Gasteiger partial charge in [-0.3, -0.25) is 0 Å². The smallest absolute Gasteiger partial charge is 0.232 e. The van der Waals surface area contributed by atoms with Crippen molar-refractivity contribution in [3.63, 3.8) is 0 Å². The molecule has 1 aliphatic heterocycles. The number of nitrogens with one attached hydrogen (secondary N) is 1. The minimum Gasteiger partial charge on any atom is -0.360 e. The Morgan fingerprint density at radius 1 is 1.43 bits per heavy atom. The Morgan fingerprint density at radius 3 is 2.90 bits per heavy atom. The zero-order valence-corrected chi connectivity index (χ0v) is 12.7. The predicted molar refractivity (Wildman–Crippen MR) is 80.5 cm³/mol. The molecule has 1 N–H and O–H groups in total. The SMILES string of the molecule is CCCNc1nc(N(C)C)nc(N2CCOC(C#N)C2)n1. The fraction of sp³-hybridized carbons (Fsp3) is 0.692. The van der Waals surface area contributed by atoms with Gasteiger partial charge in [0.15, 0.2) is 6.10 Å². The fourth-order valence-electron chi connectivity index (χ4n) is 1.92. The van der Waals surface area contributed by atoms with E-state index < -0.39 is 6.10 Å². The molecule has 0 radical (unpaired) electrons. The second kappa shape index (κ2) is 7.04. The molecule has 0 bridgehead atoms. The van der Waals surface area contributed by atoms with Gasteiger partial charge in [-0.1, -0.05) is 6.92 Å². The third-order valence-electron chi connectivity index (χ3n) is 3.04. The van der Waals surface area contributed by atoms with Crippen LogP contribution in [0.3, 0.4) is 0 Å². The highest BCUT2D eigenvalue weighted by Gasteiger charge is 2.23. The van der Waals surface area contributed by atoms with Gasteiger partial charge < -0.3 is 19.9 Å². The number of aromatic nitrogens is 3. The van der Waals surface area contributed by atoms with E-state index in [1.165, 1.54) is 0 Å². The lowest BCUT2D eigenvalue weighted by Gasteiger charge is -2.30. The zero-order valence-electron chi connectivity index (χ0n) is 12.7. The highest BCUT2D eigenvalue weighted by molar-refractivity contribution is 5.45. The largest absolute Gasteiger partial charge is 0.360 e. The Morgan fingerprint density at radius 2 is 2.24 bits per heavy atom. The van der Waals surface area contributed by atoms with Crippen LogP contribution >= 0.6 is 0 Å². The summed E-state index contributed by atoms with van der Waals surface area (Å²) in [7, 11) is 3.78. The number of anilines is 3. The molecule has 8 nitrogen and oxygen atoms in total. The Labute approximate surface area is 124 Å². The van der Waals surface area contributed by atoms with E-state index in [1.54, 1.807) is 0 Å². The predicted octanol–water partition coefficient (Wildman–Crippen LogP) is 0.488. The Balaban J connectivity index is 2.24. The second-order valence-corrected chi connectivity index (χ2v) is 5.01. The van der Waals surface area contributed by atoms with Crippen molar-refractivity contribution >= 4 is 17.8 Å². The molecule has 1 saturated heterocycles. The first kappa shape index (κ1) is 15.3. The number of ether oxygens (including phenoxy) is 1. The molecule has 1 aliphatic rings. The van der Waals surface area contributed by atoms with Crippen LogP contribution in [0.15, 0.2) is 0 Å². The maximum absolute atomic E-state index is 8.99. The van der Waals surface area contributed by atoms with E-state index in [4.69, 9.17) is 10.00 Å². The summed E-state index contributed by atoms with van der Waals surface area (Å²) in [5, 5.41) is 12.2. The van der Waals surface area contributed by atoms with E-state index >= 15 is 0 Å². The molecular weight excluding hydrogens is 270 g/mol. The van der Waals surface area contributed by atoms with Crippen molar-refractivity contribution in [3.8, 4) is 6.07 Å². The summed E-state index contributed by atoms with van der Waals surface area (Å²) in [5.74, 6) is 1.74. The Hall–Kier alpha value is -2.14. The molecule has 21 heavy (non-hydrogen) atoms. The molecule has 0 saturated carbocycles. The van der Waals surface area contributed by atoms with Crippen LogP contribution in [0.25, 0.3) is 0 Å². The van der Waals surface area contributed by atoms with Crippen LogP contribution < -0.4 is 15.1 Å². The average Bonchev–Trinajstić information content (AvgIpc) is 2.52. The Bertz CT molecular complexity index is 514. The first-order valence-corrected chi connectivity index (χ1v) is 7.07. The van der Waals surface area contributed by atoms with E-state index in [0.29, 0.717) is 37.5 Å². The van der Waals surface area contributed by atoms with Gasteiger partial charge in [0, 0.05) is 27.2 Å². The van der Waals surface area contributed by atoms with Crippen molar-refractivity contribution in [1.82, 2.24) is 15.0 Å². The van der Waals surface area contributed by atoms with E-state index in [0.717, 1.165) is 13.0 Å². The van der Waals surface area contributed by atoms with Crippen LogP contribution in [-0.4, -0.2) is 61.4 Å². The van der Waals surface area contributed by atoms with Crippen molar-refractivity contribution in [1.29, 1.82) is 5.26 Å². The topological polar surface area (TPSA) is 90.2 Å². The van der Waals surface area contributed by atoms with Crippen LogP contribution in [0, 0.1) is 11.3 Å². The van der Waals surface area contributed by atoms with Crippen molar-refractivity contribution in [2.24, 2.45) is 0 Å². The number of rotatable bonds is 5. The first-order chi connectivity index (χ1) is 10.1. The number of nitrogens with zero attached hydrogens (tertiary/aromatic N) is 6. The van der Waals surface area contributed by atoms with Crippen LogP contribution in [0.4, 0.5) is 17.8 Å². The van der Waals surface area contributed by atoms with Crippen LogP contribution in [0.1, 0.15) is 13.3 Å². The number of morpholine rings is 1. The number of nitriles is 1. The minimum absolute atomic E-state index is 0.439. The molecule has 2 rings (SSSR count). The monoisotopic (exact) mass is 291 g/mol. The number of hydrogen-bond donors (Lipinski definition) is 1. The molecule has 0 aromatic carbocycles. The fourth-order valence-corrected chi connectivity index (χ4v) is 1.92. The zero-order chi connectivity index (χ0) is 15.2. The molecule has 0 amide bonds. The van der Waals surface area contributed by atoms with Gasteiger partial charge >= 0.3 is 0 Å². The summed E-state index contributed by atoms with van der Waals surface area (Å²) in [5.41, 5.74) is 0. The molecule has 114 valence electrons. The lowest BCUT2D eigenvalue weighted by atomic mass is 10.3. The summed E-state index contributed by atoms with van der Waals surface area (Å²) in [4.78, 5) is 17.1. The van der Waals surface area contributed by atoms with Crippen LogP contribution in [-0.2, 0) is 4.74 Å². The molecule has 1 atom stereocenters. The van der Waals surface area contributed by atoms with E-state index in [-0.39, 0.29) is 0 Å². The third kappa shape index (κ3) is 3.92. The van der Waals surface area contributed by atoms with Crippen molar-refractivity contribution in [3.05, 3.63) is 0 Å². The molecular formula is C13H21N7O. The highest BCUT2D eigenvalue weighted by Crippen LogP contribution is 2.17. The van der Waals surface area contributed by atoms with Crippen molar-refractivity contribution < 1.29 is 4.74 Å². The second-order valence-electron chi connectivity index (χ2n) is 5.01. The molecule has 1 aromatic rings. The van der Waals surface area contributed by atoms with Crippen LogP contribution in [0.2, 0.25) is 0 Å². The van der Waals surface area contributed by atoms with Crippen molar-refractivity contribution in [2.45, 2.75) is 19.4 Å². The van der Waals surface area contributed by atoms with E-state index in [9.17, 15) is 0 Å². The Kier molecular flexibility index (Phi) is 5.11. The van der Waals surface area contributed by atoms with Crippen molar-refractivity contribution in [2.75, 3.05) is 55.5 Å². The van der Waals surface area contributed by atoms with Gasteiger partial charge in [-0.2, -0.15) is 20.2 Å². The quantitative estimate of drug-likeness (QED) is 0.838. The molecule has 2 heterocycles. The standard InChI is InChI=1S/C13H21N7O/c1-4-5-15-11-16-12(19(2)3)18-13(17-11)20-6-7-21-10(8-14)9-20/h10H,4-7,9H2,1-3H3,(H,15,16,17,18). The lowest BCUT2D eigenvalue weighted by molar-refractivity contribution is 0.0758. The van der Waals surface area contributed by atoms with Gasteiger partial charge in [-0.05, 0) is 6.42 Å². The maximum Gasteiger partial charge on any atom is 0.232 e. The summed E-state index contributed by atoms with van der Waals surface area (Å²) >= 11 is 0. The summed E-state index contributed by atoms with van der Waals surface area (Å²) in [6, 6.07) is 2.13. The first-order valence-electron chi connectivity index (χ1n) is 7.07.